The standard InChI is InChI=1S/C20H24FN3O.2ClH/c1-20(6-8-22-9-7-20)12-23-19(25)16-11-18(13-2-3-13)24-17-5-4-14(21)10-15(16)17;;/h4-5,10-11,13,22H,2-3,6-9,12H2,1H3,(H,23,25);2*1H. The third-order valence-corrected chi connectivity index (χ3v) is 5.52. The van der Waals surface area contributed by atoms with Crippen molar-refractivity contribution in [3.8, 4) is 0 Å². The van der Waals surface area contributed by atoms with Gasteiger partial charge in [0.1, 0.15) is 5.82 Å². The van der Waals surface area contributed by atoms with Crippen molar-refractivity contribution in [1.29, 1.82) is 0 Å². The van der Waals surface area contributed by atoms with Gasteiger partial charge in [0, 0.05) is 23.5 Å². The van der Waals surface area contributed by atoms with E-state index >= 15 is 0 Å². The zero-order chi connectivity index (χ0) is 17.4. The van der Waals surface area contributed by atoms with Crippen LogP contribution in [-0.4, -0.2) is 30.5 Å². The number of nitrogens with zero attached hydrogens (tertiary/aromatic N) is 1. The van der Waals surface area contributed by atoms with Gasteiger partial charge in [-0.05, 0) is 68.5 Å². The Hall–Kier alpha value is -1.43. The molecule has 1 amide bonds. The lowest BCUT2D eigenvalue weighted by molar-refractivity contribution is 0.0924. The zero-order valence-electron chi connectivity index (χ0n) is 15.4. The van der Waals surface area contributed by atoms with E-state index in [2.05, 4.69) is 22.5 Å². The summed E-state index contributed by atoms with van der Waals surface area (Å²) in [7, 11) is 0. The molecule has 7 heteroatoms. The maximum Gasteiger partial charge on any atom is 0.252 e. The molecule has 1 aromatic carbocycles. The third kappa shape index (κ3) is 4.89. The van der Waals surface area contributed by atoms with Crippen LogP contribution in [0.15, 0.2) is 24.3 Å². The molecule has 4 nitrogen and oxygen atoms in total. The van der Waals surface area contributed by atoms with E-state index in [4.69, 9.17) is 0 Å². The van der Waals surface area contributed by atoms with Crippen LogP contribution in [0.5, 0.6) is 0 Å². The second kappa shape index (κ2) is 8.72. The minimum Gasteiger partial charge on any atom is -0.351 e. The number of carbonyl (C=O) groups excluding carboxylic acids is 1. The summed E-state index contributed by atoms with van der Waals surface area (Å²) >= 11 is 0. The van der Waals surface area contributed by atoms with Gasteiger partial charge in [-0.1, -0.05) is 6.92 Å². The first-order chi connectivity index (χ1) is 12.0. The Morgan fingerprint density at radius 2 is 1.96 bits per heavy atom. The van der Waals surface area contributed by atoms with Crippen molar-refractivity contribution in [3.05, 3.63) is 41.3 Å². The summed E-state index contributed by atoms with van der Waals surface area (Å²) in [5.74, 6) is -0.0181. The average Bonchev–Trinajstić information content (AvgIpc) is 3.45. The van der Waals surface area contributed by atoms with E-state index in [1.165, 1.54) is 12.1 Å². The molecule has 4 rings (SSSR count). The molecular weight excluding hydrogens is 388 g/mol. The molecule has 2 heterocycles. The SMILES string of the molecule is CC1(CNC(=O)c2cc(C3CC3)nc3ccc(F)cc23)CCNCC1.Cl.Cl. The molecule has 2 aliphatic rings. The number of amides is 1. The smallest absolute Gasteiger partial charge is 0.252 e. The van der Waals surface area contributed by atoms with E-state index in [-0.39, 0.29) is 42.0 Å². The quantitative estimate of drug-likeness (QED) is 0.788. The fourth-order valence-corrected chi connectivity index (χ4v) is 3.59. The van der Waals surface area contributed by atoms with Crippen LogP contribution < -0.4 is 10.6 Å². The van der Waals surface area contributed by atoms with Crippen molar-refractivity contribution in [1.82, 2.24) is 15.6 Å². The molecule has 148 valence electrons. The Labute approximate surface area is 171 Å². The minimum absolute atomic E-state index is 0. The van der Waals surface area contributed by atoms with Crippen molar-refractivity contribution in [2.24, 2.45) is 5.41 Å². The number of hydrogen-bond acceptors (Lipinski definition) is 3. The Kier molecular flexibility index (Phi) is 7.06. The van der Waals surface area contributed by atoms with Gasteiger partial charge in [0.2, 0.25) is 0 Å². The summed E-state index contributed by atoms with van der Waals surface area (Å²) in [5.41, 5.74) is 2.32. The second-order valence-electron chi connectivity index (χ2n) is 7.77. The Bertz CT molecular complexity index is 820. The Balaban J connectivity index is 0.00000131. The molecule has 2 N–H and O–H groups in total. The predicted octanol–water partition coefficient (Wildman–Crippen LogP) is 4.21. The van der Waals surface area contributed by atoms with Gasteiger partial charge in [-0.3, -0.25) is 9.78 Å². The average molecular weight is 414 g/mol. The predicted molar refractivity (Wildman–Crippen MR) is 111 cm³/mol. The number of fused-ring (bicyclic) bond motifs is 1. The molecule has 0 spiro atoms. The first kappa shape index (κ1) is 21.9. The van der Waals surface area contributed by atoms with Crippen LogP contribution in [0.25, 0.3) is 10.9 Å². The lowest BCUT2D eigenvalue weighted by atomic mass is 9.81. The maximum atomic E-state index is 13.7. The molecule has 0 unspecified atom stereocenters. The highest BCUT2D eigenvalue weighted by molar-refractivity contribution is 6.06. The van der Waals surface area contributed by atoms with E-state index in [0.717, 1.165) is 44.5 Å². The number of hydrogen-bond donors (Lipinski definition) is 2. The van der Waals surface area contributed by atoms with Crippen molar-refractivity contribution in [2.75, 3.05) is 19.6 Å². The third-order valence-electron chi connectivity index (χ3n) is 5.52. The van der Waals surface area contributed by atoms with Gasteiger partial charge in [0.25, 0.3) is 5.91 Å². The summed E-state index contributed by atoms with van der Waals surface area (Å²) in [4.78, 5) is 17.5. The molecule has 1 aliphatic carbocycles. The molecule has 2 fully saturated rings. The molecule has 0 radical (unpaired) electrons. The van der Waals surface area contributed by atoms with Crippen LogP contribution in [0.2, 0.25) is 0 Å². The Morgan fingerprint density at radius 1 is 1.26 bits per heavy atom. The summed E-state index contributed by atoms with van der Waals surface area (Å²) in [6, 6.07) is 6.35. The second-order valence-corrected chi connectivity index (χ2v) is 7.77. The molecule has 0 atom stereocenters. The van der Waals surface area contributed by atoms with Gasteiger partial charge in [0.15, 0.2) is 0 Å². The molecule has 1 saturated carbocycles. The summed E-state index contributed by atoms with van der Waals surface area (Å²) in [6.07, 6.45) is 4.33. The van der Waals surface area contributed by atoms with Crippen LogP contribution in [0, 0.1) is 11.2 Å². The number of aromatic nitrogens is 1. The van der Waals surface area contributed by atoms with E-state index in [0.29, 0.717) is 28.9 Å². The number of halogens is 3. The molecular formula is C20H26Cl2FN3O. The van der Waals surface area contributed by atoms with Gasteiger partial charge >= 0.3 is 0 Å². The number of rotatable bonds is 4. The molecule has 27 heavy (non-hydrogen) atoms. The minimum atomic E-state index is -0.340. The van der Waals surface area contributed by atoms with Crippen molar-refractivity contribution in [2.45, 2.75) is 38.5 Å². The monoisotopic (exact) mass is 413 g/mol. The summed E-state index contributed by atoms with van der Waals surface area (Å²) in [6.45, 7) is 4.84. The number of pyridine rings is 1. The molecule has 0 bridgehead atoms. The van der Waals surface area contributed by atoms with E-state index < -0.39 is 0 Å². The zero-order valence-corrected chi connectivity index (χ0v) is 17.0. The first-order valence-electron chi connectivity index (χ1n) is 9.13. The van der Waals surface area contributed by atoms with E-state index in [9.17, 15) is 9.18 Å². The Morgan fingerprint density at radius 3 is 2.63 bits per heavy atom. The molecule has 1 aromatic heterocycles. The van der Waals surface area contributed by atoms with Gasteiger partial charge in [-0.15, -0.1) is 24.8 Å². The summed E-state index contributed by atoms with van der Waals surface area (Å²) in [5, 5.41) is 7.04. The fraction of sp³-hybridized carbons (Fsp3) is 0.500. The van der Waals surface area contributed by atoms with Gasteiger partial charge in [-0.2, -0.15) is 0 Å². The molecule has 2 aromatic rings. The number of piperidine rings is 1. The van der Waals surface area contributed by atoms with Crippen LogP contribution in [-0.2, 0) is 0 Å². The van der Waals surface area contributed by atoms with E-state index in [1.807, 2.05) is 6.07 Å². The highest BCUT2D eigenvalue weighted by atomic mass is 35.5. The van der Waals surface area contributed by atoms with Gasteiger partial charge in [-0.25, -0.2) is 4.39 Å². The van der Waals surface area contributed by atoms with Crippen LogP contribution in [0.4, 0.5) is 4.39 Å². The highest BCUT2D eigenvalue weighted by Gasteiger charge is 2.29. The summed E-state index contributed by atoms with van der Waals surface area (Å²) < 4.78 is 13.7. The highest BCUT2D eigenvalue weighted by Crippen LogP contribution is 2.40. The molecule has 1 aliphatic heterocycles. The van der Waals surface area contributed by atoms with Crippen molar-refractivity contribution < 1.29 is 9.18 Å². The van der Waals surface area contributed by atoms with E-state index in [1.54, 1.807) is 6.07 Å². The number of nitrogens with one attached hydrogen (secondary N) is 2. The largest absolute Gasteiger partial charge is 0.351 e. The first-order valence-corrected chi connectivity index (χ1v) is 9.13. The lowest BCUT2D eigenvalue weighted by Crippen LogP contribution is -2.43. The number of benzene rings is 1. The lowest BCUT2D eigenvalue weighted by Gasteiger charge is -2.34. The fourth-order valence-electron chi connectivity index (χ4n) is 3.59. The van der Waals surface area contributed by atoms with Crippen LogP contribution in [0.3, 0.4) is 0 Å². The van der Waals surface area contributed by atoms with Crippen LogP contribution in [0.1, 0.15) is 54.6 Å². The topological polar surface area (TPSA) is 54.0 Å². The van der Waals surface area contributed by atoms with Crippen molar-refractivity contribution >= 4 is 41.6 Å². The van der Waals surface area contributed by atoms with Gasteiger partial charge < -0.3 is 10.6 Å². The number of carbonyl (C=O) groups is 1. The maximum absolute atomic E-state index is 13.7. The van der Waals surface area contributed by atoms with Gasteiger partial charge in [0.05, 0.1) is 11.1 Å². The normalized spacial score (nSPS) is 18.3. The van der Waals surface area contributed by atoms with Crippen LogP contribution >= 0.6 is 24.8 Å². The molecule has 1 saturated heterocycles. The van der Waals surface area contributed by atoms with Crippen molar-refractivity contribution in [3.63, 3.8) is 0 Å².